The molecule has 2 rings (SSSR count). The van der Waals surface area contributed by atoms with Gasteiger partial charge < -0.3 is 64.0 Å². The van der Waals surface area contributed by atoms with Crippen molar-refractivity contribution in [2.75, 3.05) is 125 Å². The number of allylic oxidation sites excluding steroid dienone is 4. The number of hydrogen-bond acceptors (Lipinski definition) is 13. The number of carbonyl (C=O) groups excluding carboxylic acids is 5. The minimum Gasteiger partial charge on any atom is -0.379 e. The summed E-state index contributed by atoms with van der Waals surface area (Å²) in [5.74, 6) is 1.62. The third-order valence-electron chi connectivity index (χ3n) is 17.5. The summed E-state index contributed by atoms with van der Waals surface area (Å²) in [7, 11) is 0. The lowest BCUT2D eigenvalue weighted by Crippen LogP contribution is -2.47. The monoisotopic (exact) mass is 1230 g/mol. The molecule has 0 saturated heterocycles. The number of aldehydes is 1. The fourth-order valence-electron chi connectivity index (χ4n) is 12.1. The predicted molar refractivity (Wildman–Crippen MR) is 349 cm³/mol. The Kier molecular flexibility index (Phi) is 46.2. The lowest BCUT2D eigenvalue weighted by molar-refractivity contribution is -0.129. The molecule has 0 aliphatic heterocycles. The Labute approximate surface area is 528 Å². The maximum absolute atomic E-state index is 13.6. The molecule has 4 unspecified atom stereocenters. The zero-order valence-corrected chi connectivity index (χ0v) is 56.9. The van der Waals surface area contributed by atoms with Crippen molar-refractivity contribution in [3.63, 3.8) is 0 Å². The van der Waals surface area contributed by atoms with E-state index in [1.54, 1.807) is 22.3 Å². The molecule has 0 aromatic heterocycles. The van der Waals surface area contributed by atoms with Crippen molar-refractivity contribution in [3.05, 3.63) is 22.3 Å². The lowest BCUT2D eigenvalue weighted by atomic mass is 9.70. The van der Waals surface area contributed by atoms with E-state index in [0.717, 1.165) is 44.8 Å². The SMILES string of the molecule is CC1=C(CCC(C)CCCC(C)CC(=O)NCCCC[C@H](NC(=O)CC(C)CCCC(C)CCC2=C(C)CCCC2(C)C)C(=O)NCCCOCCOCCOCCCNC(=O)CCOCCOCCOCCOCCOCCC=O)C(C)(C)CCC1. The predicted octanol–water partition coefficient (Wildman–Crippen LogP) is 12.2. The van der Waals surface area contributed by atoms with Gasteiger partial charge in [0, 0.05) is 58.5 Å². The van der Waals surface area contributed by atoms with Gasteiger partial charge >= 0.3 is 0 Å². The highest BCUT2D eigenvalue weighted by atomic mass is 16.6. The number of hydrogen-bond donors (Lipinski definition) is 4. The molecule has 4 amide bonds. The molecule has 0 heterocycles. The van der Waals surface area contributed by atoms with Crippen molar-refractivity contribution in [3.8, 4) is 0 Å². The van der Waals surface area contributed by atoms with Crippen LogP contribution in [0.25, 0.3) is 0 Å². The van der Waals surface area contributed by atoms with Gasteiger partial charge in [0.15, 0.2) is 0 Å². The molecular weight excluding hydrogens is 1100 g/mol. The molecule has 4 N–H and O–H groups in total. The third-order valence-corrected chi connectivity index (χ3v) is 17.5. The molecule has 87 heavy (non-hydrogen) atoms. The number of carbonyl (C=O) groups is 5. The molecule has 17 nitrogen and oxygen atoms in total. The molecule has 0 fully saturated rings. The molecule has 0 radical (unpaired) electrons. The molecule has 0 spiro atoms. The van der Waals surface area contributed by atoms with E-state index in [9.17, 15) is 24.0 Å². The Bertz CT molecular complexity index is 1890. The van der Waals surface area contributed by atoms with Gasteiger partial charge in [-0.05, 0) is 145 Å². The largest absolute Gasteiger partial charge is 0.379 e. The average molecular weight is 1230 g/mol. The average Bonchev–Trinajstić information content (AvgIpc) is 3.57. The first-order valence-corrected chi connectivity index (χ1v) is 34.4. The molecule has 0 saturated carbocycles. The summed E-state index contributed by atoms with van der Waals surface area (Å²) in [4.78, 5) is 62.4. The Morgan fingerprint density at radius 1 is 0.437 bits per heavy atom. The van der Waals surface area contributed by atoms with Crippen LogP contribution < -0.4 is 21.3 Å². The van der Waals surface area contributed by atoms with Gasteiger partial charge in [0.1, 0.15) is 12.3 Å². The second-order valence-corrected chi connectivity index (χ2v) is 26.7. The highest BCUT2D eigenvalue weighted by Crippen LogP contribution is 2.44. The van der Waals surface area contributed by atoms with Crippen LogP contribution >= 0.6 is 0 Å². The van der Waals surface area contributed by atoms with Gasteiger partial charge in [-0.3, -0.25) is 19.2 Å². The number of rotatable bonds is 57. The Morgan fingerprint density at radius 3 is 1.29 bits per heavy atom. The van der Waals surface area contributed by atoms with Crippen LogP contribution in [0.15, 0.2) is 22.3 Å². The first kappa shape index (κ1) is 79.8. The van der Waals surface area contributed by atoms with Crippen molar-refractivity contribution >= 4 is 29.9 Å². The number of unbranched alkanes of at least 4 members (excludes halogenated alkanes) is 1. The molecule has 2 aliphatic rings. The van der Waals surface area contributed by atoms with Gasteiger partial charge in [0.25, 0.3) is 0 Å². The van der Waals surface area contributed by atoms with Crippen LogP contribution in [0, 0.1) is 34.5 Å². The van der Waals surface area contributed by atoms with E-state index in [4.69, 9.17) is 37.9 Å². The molecule has 506 valence electrons. The van der Waals surface area contributed by atoms with Crippen LogP contribution in [0.1, 0.15) is 230 Å². The van der Waals surface area contributed by atoms with Crippen molar-refractivity contribution < 1.29 is 61.9 Å². The van der Waals surface area contributed by atoms with Crippen LogP contribution in [0.2, 0.25) is 0 Å². The second-order valence-electron chi connectivity index (χ2n) is 26.7. The molecule has 5 atom stereocenters. The first-order valence-electron chi connectivity index (χ1n) is 34.4. The highest BCUT2D eigenvalue weighted by molar-refractivity contribution is 5.87. The third kappa shape index (κ3) is 41.7. The van der Waals surface area contributed by atoms with E-state index >= 15 is 0 Å². The fourth-order valence-corrected chi connectivity index (χ4v) is 12.1. The van der Waals surface area contributed by atoms with Crippen molar-refractivity contribution in [1.82, 2.24) is 21.3 Å². The maximum atomic E-state index is 13.6. The number of amides is 4. The standard InChI is InChI=1S/C70H128N4O13/c1-56(27-29-62-60(5)24-15-32-69(62,7)8)20-13-22-58(3)54-66(77)72-34-12-11-26-64(74-67(78)55-59(4)23-14-21-57(2)28-30-63-61(6)25-16-33-70(63,9)10)68(79)73-36-18-39-81-43-47-84-46-42-80-38-17-35-71-65(76)31-41-83-45-49-86-51-53-87-52-50-85-48-44-82-40-19-37-75/h37,56-59,64H,11-36,38-55H2,1-10H3,(H,71,76)(H,72,77)(H,73,79)(H,74,78)/t56?,57?,58?,59?,64-/m0/s1. The van der Waals surface area contributed by atoms with Crippen molar-refractivity contribution in [2.24, 2.45) is 34.5 Å². The minimum absolute atomic E-state index is 0.0739. The summed E-state index contributed by atoms with van der Waals surface area (Å²) in [5, 5.41) is 12.1. The van der Waals surface area contributed by atoms with E-state index in [1.165, 1.54) is 70.6 Å². The summed E-state index contributed by atoms with van der Waals surface area (Å²) in [6.45, 7) is 31.9. The van der Waals surface area contributed by atoms with Gasteiger partial charge in [-0.15, -0.1) is 0 Å². The summed E-state index contributed by atoms with van der Waals surface area (Å²) in [6.07, 6.45) is 24.9. The lowest BCUT2D eigenvalue weighted by Gasteiger charge is -2.35. The highest BCUT2D eigenvalue weighted by Gasteiger charge is 2.30. The van der Waals surface area contributed by atoms with E-state index in [2.05, 4.69) is 90.5 Å². The zero-order valence-electron chi connectivity index (χ0n) is 56.9. The molecule has 2 aliphatic carbocycles. The van der Waals surface area contributed by atoms with Crippen molar-refractivity contribution in [2.45, 2.75) is 236 Å². The Hall–Kier alpha value is -3.29. The van der Waals surface area contributed by atoms with Gasteiger partial charge in [-0.2, -0.15) is 0 Å². The smallest absolute Gasteiger partial charge is 0.242 e. The fraction of sp³-hybridized carbons (Fsp3) is 0.871. The Balaban J connectivity index is 1.60. The van der Waals surface area contributed by atoms with Crippen molar-refractivity contribution in [1.29, 1.82) is 0 Å². The van der Waals surface area contributed by atoms with E-state index < -0.39 is 6.04 Å². The van der Waals surface area contributed by atoms with Crippen LogP contribution in [0.3, 0.4) is 0 Å². The van der Waals surface area contributed by atoms with E-state index in [0.29, 0.717) is 199 Å². The van der Waals surface area contributed by atoms with Gasteiger partial charge in [0.2, 0.25) is 23.6 Å². The van der Waals surface area contributed by atoms with E-state index in [1.807, 2.05) is 0 Å². The normalized spacial score (nSPS) is 16.7. The van der Waals surface area contributed by atoms with Gasteiger partial charge in [-0.1, -0.05) is 116 Å². The maximum Gasteiger partial charge on any atom is 0.242 e. The topological polar surface area (TPSA) is 207 Å². The molecule has 0 bridgehead atoms. The van der Waals surface area contributed by atoms with E-state index in [-0.39, 0.29) is 36.0 Å². The van der Waals surface area contributed by atoms with Crippen LogP contribution in [0.5, 0.6) is 0 Å². The summed E-state index contributed by atoms with van der Waals surface area (Å²) < 4.78 is 44.1. The van der Waals surface area contributed by atoms with Gasteiger partial charge in [-0.25, -0.2) is 0 Å². The van der Waals surface area contributed by atoms with Crippen LogP contribution in [0.4, 0.5) is 0 Å². The second kappa shape index (κ2) is 50.4. The van der Waals surface area contributed by atoms with Gasteiger partial charge in [0.05, 0.1) is 92.5 Å². The molecule has 0 aromatic rings. The number of nitrogens with one attached hydrogen (secondary N) is 4. The molecule has 17 heteroatoms. The first-order chi connectivity index (χ1) is 41.8. The molecule has 0 aromatic carbocycles. The summed E-state index contributed by atoms with van der Waals surface area (Å²) >= 11 is 0. The zero-order chi connectivity index (χ0) is 63.8. The summed E-state index contributed by atoms with van der Waals surface area (Å²) in [5.41, 5.74) is 7.25. The number of ether oxygens (including phenoxy) is 8. The Morgan fingerprint density at radius 2 is 0.828 bits per heavy atom. The quantitative estimate of drug-likeness (QED) is 0.0254. The van der Waals surface area contributed by atoms with Crippen LogP contribution in [-0.2, 0) is 61.9 Å². The molecular formula is C70H128N4O13. The van der Waals surface area contributed by atoms with Crippen LogP contribution in [-0.4, -0.2) is 161 Å². The minimum atomic E-state index is -0.646. The summed E-state index contributed by atoms with van der Waals surface area (Å²) in [6, 6.07) is -0.646.